The van der Waals surface area contributed by atoms with Crippen molar-refractivity contribution in [1.82, 2.24) is 20.1 Å². The normalized spacial score (nSPS) is 10.9. The van der Waals surface area contributed by atoms with E-state index in [2.05, 4.69) is 15.2 Å². The minimum atomic E-state index is -0.267. The summed E-state index contributed by atoms with van der Waals surface area (Å²) in [6.07, 6.45) is 1.85. The minimum Gasteiger partial charge on any atom is -0.486 e. The van der Waals surface area contributed by atoms with Crippen molar-refractivity contribution < 1.29 is 13.9 Å². The monoisotopic (exact) mass is 478 g/mol. The fourth-order valence-corrected chi connectivity index (χ4v) is 4.16. The highest BCUT2D eigenvalue weighted by atomic mass is 32.1. The van der Waals surface area contributed by atoms with Gasteiger partial charge in [0.2, 0.25) is 5.91 Å². The van der Waals surface area contributed by atoms with Gasteiger partial charge in [-0.25, -0.2) is 9.37 Å². The van der Waals surface area contributed by atoms with Gasteiger partial charge >= 0.3 is 0 Å². The number of halogens is 1. The van der Waals surface area contributed by atoms with E-state index in [1.165, 1.54) is 29.0 Å². The Morgan fingerprint density at radius 2 is 1.91 bits per heavy atom. The van der Waals surface area contributed by atoms with Gasteiger partial charge in [0.25, 0.3) is 0 Å². The molecule has 2 aromatic heterocycles. The summed E-state index contributed by atoms with van der Waals surface area (Å²) in [4.78, 5) is 18.9. The molecular formula is C26H27FN4O2S. The summed E-state index contributed by atoms with van der Waals surface area (Å²) in [7, 11) is 1.81. The van der Waals surface area contributed by atoms with E-state index < -0.39 is 0 Å². The Kier molecular flexibility index (Phi) is 7.69. The van der Waals surface area contributed by atoms with Crippen LogP contribution in [0.15, 0.2) is 60.0 Å². The molecule has 0 aliphatic carbocycles. The number of carbonyl (C=O) groups excluding carboxylic acids is 1. The number of H-pyrrole nitrogens is 1. The Balaban J connectivity index is 1.20. The first-order chi connectivity index (χ1) is 16.5. The Morgan fingerprint density at radius 1 is 1.15 bits per heavy atom. The predicted octanol–water partition coefficient (Wildman–Crippen LogP) is 5.19. The maximum Gasteiger partial charge on any atom is 0.228 e. The number of carbonyl (C=O) groups is 1. The third kappa shape index (κ3) is 6.51. The molecule has 0 aliphatic heterocycles. The molecule has 0 fully saturated rings. The summed E-state index contributed by atoms with van der Waals surface area (Å²) in [5.74, 6) is 0.574. The van der Waals surface area contributed by atoms with Crippen molar-refractivity contribution in [3.63, 3.8) is 0 Å². The van der Waals surface area contributed by atoms with Crippen LogP contribution in [0.25, 0.3) is 11.3 Å². The van der Waals surface area contributed by atoms with E-state index in [1.54, 1.807) is 17.0 Å². The fraction of sp³-hybridized carbons (Fsp3) is 0.269. The van der Waals surface area contributed by atoms with Gasteiger partial charge in [-0.2, -0.15) is 5.10 Å². The summed E-state index contributed by atoms with van der Waals surface area (Å²) in [6, 6.07) is 16.1. The lowest BCUT2D eigenvalue weighted by Crippen LogP contribution is -2.29. The lowest BCUT2D eigenvalue weighted by molar-refractivity contribution is -0.129. The fourth-order valence-electron chi connectivity index (χ4n) is 3.46. The number of ether oxygens (including phenoxy) is 1. The highest BCUT2D eigenvalue weighted by Gasteiger charge is 2.13. The third-order valence-electron chi connectivity index (χ3n) is 5.45. The highest BCUT2D eigenvalue weighted by Crippen LogP contribution is 2.19. The van der Waals surface area contributed by atoms with Gasteiger partial charge in [-0.1, -0.05) is 17.7 Å². The second-order valence-corrected chi connectivity index (χ2v) is 9.16. The first-order valence-electron chi connectivity index (χ1n) is 11.1. The van der Waals surface area contributed by atoms with Crippen molar-refractivity contribution >= 4 is 17.2 Å². The van der Waals surface area contributed by atoms with Crippen LogP contribution >= 0.6 is 11.3 Å². The summed E-state index contributed by atoms with van der Waals surface area (Å²) < 4.78 is 18.9. The van der Waals surface area contributed by atoms with Crippen LogP contribution in [0.1, 0.15) is 28.4 Å². The number of likely N-dealkylation sites (N-methyl/N-ethyl adjacent to an activating group) is 1. The second-order valence-electron chi connectivity index (χ2n) is 8.22. The molecule has 2 aromatic carbocycles. The molecule has 34 heavy (non-hydrogen) atoms. The Morgan fingerprint density at radius 3 is 2.68 bits per heavy atom. The van der Waals surface area contributed by atoms with E-state index in [1.807, 2.05) is 49.7 Å². The molecule has 0 spiro atoms. The predicted molar refractivity (Wildman–Crippen MR) is 131 cm³/mol. The van der Waals surface area contributed by atoms with Gasteiger partial charge in [-0.05, 0) is 62.2 Å². The lowest BCUT2D eigenvalue weighted by atomic mass is 10.1. The smallest absolute Gasteiger partial charge is 0.228 e. The van der Waals surface area contributed by atoms with E-state index in [-0.39, 0.29) is 18.1 Å². The van der Waals surface area contributed by atoms with Gasteiger partial charge in [0, 0.05) is 30.2 Å². The number of benzene rings is 2. The summed E-state index contributed by atoms with van der Waals surface area (Å²) in [5, 5.41) is 10.1. The summed E-state index contributed by atoms with van der Waals surface area (Å²) >= 11 is 1.50. The number of rotatable bonds is 10. The summed E-state index contributed by atoms with van der Waals surface area (Å²) in [6.45, 7) is 3.06. The molecule has 1 N–H and O–H groups in total. The first-order valence-corrected chi connectivity index (χ1v) is 12.0. The van der Waals surface area contributed by atoms with E-state index in [9.17, 15) is 9.18 Å². The first kappa shape index (κ1) is 23.6. The lowest BCUT2D eigenvalue weighted by Gasteiger charge is -2.16. The molecule has 0 aliphatic rings. The van der Waals surface area contributed by atoms with E-state index in [0.717, 1.165) is 46.2 Å². The number of hydrogen-bond donors (Lipinski definition) is 1. The van der Waals surface area contributed by atoms with Crippen molar-refractivity contribution in [3.8, 4) is 17.0 Å². The molecule has 0 saturated carbocycles. The van der Waals surface area contributed by atoms with E-state index in [0.29, 0.717) is 13.2 Å². The Labute approximate surface area is 202 Å². The van der Waals surface area contributed by atoms with Crippen LogP contribution in [0, 0.1) is 12.7 Å². The Hall–Kier alpha value is -3.52. The number of amides is 1. The zero-order valence-electron chi connectivity index (χ0n) is 19.3. The van der Waals surface area contributed by atoms with Crippen LogP contribution in [0.5, 0.6) is 5.75 Å². The number of hydrogen-bond acceptors (Lipinski definition) is 5. The van der Waals surface area contributed by atoms with Crippen LogP contribution < -0.4 is 4.74 Å². The van der Waals surface area contributed by atoms with Crippen molar-refractivity contribution in [3.05, 3.63) is 87.8 Å². The van der Waals surface area contributed by atoms with Crippen molar-refractivity contribution in [1.29, 1.82) is 0 Å². The number of aryl methyl sites for hydroxylation is 2. The molecule has 4 rings (SSSR count). The van der Waals surface area contributed by atoms with Gasteiger partial charge in [-0.3, -0.25) is 9.89 Å². The van der Waals surface area contributed by atoms with E-state index in [4.69, 9.17) is 4.74 Å². The van der Waals surface area contributed by atoms with Crippen LogP contribution in [0.3, 0.4) is 0 Å². The van der Waals surface area contributed by atoms with E-state index >= 15 is 0 Å². The molecule has 8 heteroatoms. The molecule has 176 valence electrons. The quantitative estimate of drug-likeness (QED) is 0.340. The zero-order chi connectivity index (χ0) is 23.9. The highest BCUT2D eigenvalue weighted by molar-refractivity contribution is 7.09. The van der Waals surface area contributed by atoms with Crippen molar-refractivity contribution in [2.45, 2.75) is 32.8 Å². The SMILES string of the molecule is Cc1ccc(OCc2nc(CC(=O)N(C)CCCc3cc(-c4ccc(F)cc4)n[nH]3)cs2)cc1. The molecule has 0 bridgehead atoms. The minimum absolute atomic E-state index is 0.0351. The average molecular weight is 479 g/mol. The van der Waals surface area contributed by atoms with Gasteiger partial charge in [-0.15, -0.1) is 11.3 Å². The average Bonchev–Trinajstić information content (AvgIpc) is 3.49. The molecule has 4 aromatic rings. The van der Waals surface area contributed by atoms with Crippen molar-refractivity contribution in [2.24, 2.45) is 0 Å². The van der Waals surface area contributed by atoms with Crippen LogP contribution in [-0.2, 0) is 24.2 Å². The second kappa shape index (κ2) is 11.1. The Bertz CT molecular complexity index is 1220. The topological polar surface area (TPSA) is 71.1 Å². The molecule has 1 amide bonds. The molecule has 6 nitrogen and oxygen atoms in total. The van der Waals surface area contributed by atoms with Gasteiger partial charge in [0.05, 0.1) is 17.8 Å². The van der Waals surface area contributed by atoms with Gasteiger partial charge in [0.1, 0.15) is 23.2 Å². The molecule has 0 atom stereocenters. The number of aromatic amines is 1. The molecular weight excluding hydrogens is 451 g/mol. The maximum absolute atomic E-state index is 13.1. The number of nitrogens with zero attached hydrogens (tertiary/aromatic N) is 3. The standard InChI is InChI=1S/C26H27FN4O2S/c1-18-5-11-23(12-6-18)33-16-25-28-22(17-34-25)15-26(32)31(2)13-3-4-21-14-24(30-29-21)19-7-9-20(27)10-8-19/h5-12,14,17H,3-4,13,15-16H2,1-2H3,(H,29,30). The van der Waals surface area contributed by atoms with Crippen LogP contribution in [-0.4, -0.2) is 39.6 Å². The molecule has 0 radical (unpaired) electrons. The van der Waals surface area contributed by atoms with Gasteiger partial charge in [0.15, 0.2) is 0 Å². The zero-order valence-corrected chi connectivity index (χ0v) is 20.1. The van der Waals surface area contributed by atoms with Crippen LogP contribution in [0.4, 0.5) is 4.39 Å². The number of aromatic nitrogens is 3. The number of thiazole rings is 1. The van der Waals surface area contributed by atoms with Crippen LogP contribution in [0.2, 0.25) is 0 Å². The number of nitrogens with one attached hydrogen (secondary N) is 1. The molecule has 0 unspecified atom stereocenters. The van der Waals surface area contributed by atoms with Gasteiger partial charge < -0.3 is 9.64 Å². The third-order valence-corrected chi connectivity index (χ3v) is 6.32. The molecule has 2 heterocycles. The maximum atomic E-state index is 13.1. The van der Waals surface area contributed by atoms with Crippen molar-refractivity contribution in [2.75, 3.05) is 13.6 Å². The molecule has 0 saturated heterocycles. The summed E-state index contributed by atoms with van der Waals surface area (Å²) in [5.41, 5.74) is 4.58. The largest absolute Gasteiger partial charge is 0.486 e.